The summed E-state index contributed by atoms with van der Waals surface area (Å²) in [7, 11) is -13.8. The molecule has 0 bridgehead atoms. The lowest BCUT2D eigenvalue weighted by Gasteiger charge is -2.24. The molecular formula is C32H24N2O11S3. The minimum absolute atomic E-state index is 0.0158. The lowest BCUT2D eigenvalue weighted by molar-refractivity contribution is 0.102. The number of hydrogen-bond acceptors (Lipinski definition) is 10. The van der Waals surface area contributed by atoms with E-state index in [9.17, 15) is 44.2 Å². The van der Waals surface area contributed by atoms with Gasteiger partial charge in [0.05, 0.1) is 38.9 Å². The number of H-pyrrole nitrogens is 1. The van der Waals surface area contributed by atoms with Crippen LogP contribution in [0.5, 0.6) is 0 Å². The molecule has 0 unspecified atom stereocenters. The summed E-state index contributed by atoms with van der Waals surface area (Å²) in [5.41, 5.74) is -0.0948. The fourth-order valence-corrected chi connectivity index (χ4v) is 8.46. The summed E-state index contributed by atoms with van der Waals surface area (Å²) < 4.78 is 91.7. The number of benzene rings is 4. The van der Waals surface area contributed by atoms with Crippen LogP contribution in [0.15, 0.2) is 99.5 Å². The Balaban J connectivity index is 1.54. The largest absolute Gasteiger partial charge is 0.354 e. The number of nitrogens with one attached hydrogen (secondary N) is 2. The number of carbonyl (C=O) groups excluding carboxylic acids is 2. The van der Waals surface area contributed by atoms with Crippen LogP contribution in [0.3, 0.4) is 0 Å². The lowest BCUT2D eigenvalue weighted by Crippen LogP contribution is -2.24. The van der Waals surface area contributed by atoms with E-state index in [1.54, 1.807) is 48.5 Å². The second kappa shape index (κ2) is 11.9. The van der Waals surface area contributed by atoms with Crippen molar-refractivity contribution in [2.45, 2.75) is 16.2 Å². The molecule has 1 aliphatic carbocycles. The maximum atomic E-state index is 14.1. The maximum absolute atomic E-state index is 14.1. The average molecular weight is 709 g/mol. The SMILES string of the molecule is O=C(c1ccccc1)c1c2c3c(c(Nc4ccc(S(=O)(=O)CCCS(=O)(=O)O)cc4S(=O)(=O)O)ccc3[nH]c1=O)C(=O)c1ccccc1-2. The number of rotatable bonds is 10. The number of pyridine rings is 1. The van der Waals surface area contributed by atoms with Gasteiger partial charge in [-0.2, -0.15) is 16.8 Å². The first-order valence-corrected chi connectivity index (χ1v) is 18.8. The Morgan fingerprint density at radius 2 is 1.38 bits per heavy atom. The Kier molecular flexibility index (Phi) is 8.17. The van der Waals surface area contributed by atoms with Gasteiger partial charge in [0, 0.05) is 27.6 Å². The van der Waals surface area contributed by atoms with Gasteiger partial charge in [0.1, 0.15) is 4.90 Å². The van der Waals surface area contributed by atoms with Crippen molar-refractivity contribution >= 4 is 63.9 Å². The van der Waals surface area contributed by atoms with Crippen molar-refractivity contribution in [1.29, 1.82) is 0 Å². The third-order valence-electron chi connectivity index (χ3n) is 7.79. The number of fused-ring (bicyclic) bond motifs is 2. The molecule has 246 valence electrons. The van der Waals surface area contributed by atoms with Crippen LogP contribution < -0.4 is 10.9 Å². The van der Waals surface area contributed by atoms with Crippen molar-refractivity contribution in [3.05, 3.63) is 118 Å². The van der Waals surface area contributed by atoms with Gasteiger partial charge in [0.15, 0.2) is 21.4 Å². The van der Waals surface area contributed by atoms with E-state index in [1.807, 2.05) is 0 Å². The standard InChI is InChI=1S/C32H24N2O11S3/c35-30(18-7-2-1-3-8-18)29-26-20-9-4-5-10-21(20)31(36)28-24(14-13-23(27(26)28)34-32(29)37)33-22-12-11-19(17-25(22)48(43,44)45)46(38,39)15-6-16-47(40,41)42/h1-5,7-14,17,33H,6,15-16H2,(H,34,37)(H,40,41,42)(H,43,44,45). The van der Waals surface area contributed by atoms with Gasteiger partial charge in [-0.3, -0.25) is 23.5 Å². The fourth-order valence-electron chi connectivity index (χ4n) is 5.69. The number of anilines is 2. The van der Waals surface area contributed by atoms with Crippen LogP contribution in [0.2, 0.25) is 0 Å². The second-order valence-corrected chi connectivity index (χ2v) is 16.0. The molecule has 5 aromatic rings. The molecule has 1 aromatic heterocycles. The van der Waals surface area contributed by atoms with Crippen LogP contribution in [-0.4, -0.2) is 62.4 Å². The van der Waals surface area contributed by atoms with Crippen molar-refractivity contribution in [2.75, 3.05) is 16.8 Å². The van der Waals surface area contributed by atoms with Crippen molar-refractivity contribution in [3.63, 3.8) is 0 Å². The number of sulfone groups is 1. The van der Waals surface area contributed by atoms with Crippen LogP contribution in [0.4, 0.5) is 11.4 Å². The number of aromatic nitrogens is 1. The third-order valence-corrected chi connectivity index (χ3v) is 11.3. The van der Waals surface area contributed by atoms with E-state index in [2.05, 4.69) is 10.3 Å². The van der Waals surface area contributed by atoms with E-state index in [0.29, 0.717) is 11.6 Å². The van der Waals surface area contributed by atoms with Gasteiger partial charge in [-0.15, -0.1) is 0 Å². The van der Waals surface area contributed by atoms with E-state index >= 15 is 0 Å². The van der Waals surface area contributed by atoms with Crippen LogP contribution in [-0.2, 0) is 30.1 Å². The molecule has 48 heavy (non-hydrogen) atoms. The van der Waals surface area contributed by atoms with E-state index in [4.69, 9.17) is 4.55 Å². The van der Waals surface area contributed by atoms with Gasteiger partial charge in [-0.1, -0.05) is 54.6 Å². The summed E-state index contributed by atoms with van der Waals surface area (Å²) in [5.74, 6) is -2.71. The molecule has 1 heterocycles. The summed E-state index contributed by atoms with van der Waals surface area (Å²) in [5, 5.41) is 3.01. The Labute approximate surface area is 273 Å². The summed E-state index contributed by atoms with van der Waals surface area (Å²) in [4.78, 5) is 42.5. The molecule has 0 saturated carbocycles. The molecule has 4 aromatic carbocycles. The topological polar surface area (TPSA) is 222 Å². The predicted molar refractivity (Wildman–Crippen MR) is 176 cm³/mol. The highest BCUT2D eigenvalue weighted by Gasteiger charge is 2.33. The first-order valence-electron chi connectivity index (χ1n) is 14.1. The summed E-state index contributed by atoms with van der Waals surface area (Å²) in [6.07, 6.45) is -0.481. The summed E-state index contributed by atoms with van der Waals surface area (Å²) in [6, 6.07) is 20.1. The number of aromatic amines is 1. The van der Waals surface area contributed by atoms with Crippen LogP contribution in [0.1, 0.15) is 38.3 Å². The first kappa shape index (κ1) is 32.9. The van der Waals surface area contributed by atoms with E-state index < -0.39 is 74.9 Å². The average Bonchev–Trinajstić information content (AvgIpc) is 3.02. The van der Waals surface area contributed by atoms with Crippen molar-refractivity contribution in [1.82, 2.24) is 4.98 Å². The van der Waals surface area contributed by atoms with Crippen molar-refractivity contribution in [2.24, 2.45) is 0 Å². The highest BCUT2D eigenvalue weighted by Crippen LogP contribution is 2.44. The predicted octanol–water partition coefficient (Wildman–Crippen LogP) is 4.01. The van der Waals surface area contributed by atoms with Crippen LogP contribution in [0.25, 0.3) is 22.0 Å². The molecule has 13 nitrogen and oxygen atoms in total. The smallest absolute Gasteiger partial charge is 0.296 e. The highest BCUT2D eigenvalue weighted by molar-refractivity contribution is 7.91. The van der Waals surface area contributed by atoms with Crippen molar-refractivity contribution in [3.8, 4) is 11.1 Å². The molecule has 6 rings (SSSR count). The van der Waals surface area contributed by atoms with Crippen LogP contribution in [0, 0.1) is 0 Å². The quantitative estimate of drug-likeness (QED) is 0.117. The zero-order valence-electron chi connectivity index (χ0n) is 24.5. The number of ketones is 2. The summed E-state index contributed by atoms with van der Waals surface area (Å²) in [6.45, 7) is 0. The molecule has 16 heteroatoms. The van der Waals surface area contributed by atoms with Gasteiger partial charge in [0.25, 0.3) is 25.8 Å². The third kappa shape index (κ3) is 6.07. The second-order valence-electron chi connectivity index (χ2n) is 10.9. The number of carbonyl (C=O) groups is 2. The van der Waals surface area contributed by atoms with E-state index in [0.717, 1.165) is 12.1 Å². The lowest BCUT2D eigenvalue weighted by atomic mass is 9.80. The molecular weight excluding hydrogens is 685 g/mol. The molecule has 0 radical (unpaired) electrons. The van der Waals surface area contributed by atoms with Gasteiger partial charge >= 0.3 is 0 Å². The Bertz CT molecular complexity index is 2580. The maximum Gasteiger partial charge on any atom is 0.296 e. The van der Waals surface area contributed by atoms with E-state index in [1.165, 1.54) is 18.2 Å². The summed E-state index contributed by atoms with van der Waals surface area (Å²) >= 11 is 0. The monoisotopic (exact) mass is 708 g/mol. The Morgan fingerprint density at radius 3 is 2.04 bits per heavy atom. The Hall–Kier alpha value is -5.00. The molecule has 0 aliphatic heterocycles. The van der Waals surface area contributed by atoms with E-state index in [-0.39, 0.29) is 50.1 Å². The highest BCUT2D eigenvalue weighted by atomic mass is 32.2. The zero-order chi connectivity index (χ0) is 34.6. The fraction of sp³-hybridized carbons (Fsp3) is 0.0938. The van der Waals surface area contributed by atoms with Crippen molar-refractivity contribution < 1.29 is 43.9 Å². The van der Waals surface area contributed by atoms with Gasteiger partial charge in [-0.05, 0) is 42.3 Å². The molecule has 0 spiro atoms. The Morgan fingerprint density at radius 1 is 0.729 bits per heavy atom. The van der Waals surface area contributed by atoms with Gasteiger partial charge in [0.2, 0.25) is 0 Å². The first-order chi connectivity index (χ1) is 22.6. The zero-order valence-corrected chi connectivity index (χ0v) is 26.9. The molecule has 0 amide bonds. The number of hydrogen-bond donors (Lipinski definition) is 4. The molecule has 1 aliphatic rings. The minimum atomic E-state index is -5.09. The van der Waals surface area contributed by atoms with Crippen LogP contribution >= 0.6 is 0 Å². The molecule has 0 saturated heterocycles. The van der Waals surface area contributed by atoms with Gasteiger partial charge < -0.3 is 10.3 Å². The normalized spacial score (nSPS) is 12.9. The molecule has 0 atom stereocenters. The minimum Gasteiger partial charge on any atom is -0.354 e. The molecule has 4 N–H and O–H groups in total. The molecule has 0 fully saturated rings. The van der Waals surface area contributed by atoms with Gasteiger partial charge in [-0.25, -0.2) is 8.42 Å².